The molecule has 0 N–H and O–H groups in total. The van der Waals surface area contributed by atoms with Gasteiger partial charge < -0.3 is 19.4 Å². The second kappa shape index (κ2) is 8.24. The van der Waals surface area contributed by atoms with Crippen molar-refractivity contribution in [3.63, 3.8) is 0 Å². The SMILES string of the molecule is O=C(C(=O)N1CCN(c2nc(C(F)F)nc3ccccc23)CC1)N1CCOCC1. The van der Waals surface area contributed by atoms with E-state index in [0.29, 0.717) is 69.2 Å². The number of amides is 2. The van der Waals surface area contributed by atoms with Gasteiger partial charge in [0, 0.05) is 44.7 Å². The molecule has 8 nitrogen and oxygen atoms in total. The molecule has 0 aliphatic carbocycles. The van der Waals surface area contributed by atoms with Crippen molar-refractivity contribution in [1.29, 1.82) is 0 Å². The molecule has 0 radical (unpaired) electrons. The Morgan fingerprint density at radius 2 is 1.52 bits per heavy atom. The number of carbonyl (C=O) groups excluding carboxylic acids is 2. The number of anilines is 1. The normalized spacial score (nSPS) is 17.8. The molecule has 0 bridgehead atoms. The van der Waals surface area contributed by atoms with E-state index >= 15 is 0 Å². The molecule has 2 aliphatic rings. The van der Waals surface area contributed by atoms with Crippen LogP contribution in [0.15, 0.2) is 24.3 Å². The number of piperazine rings is 1. The third-order valence-electron chi connectivity index (χ3n) is 5.14. The lowest BCUT2D eigenvalue weighted by Gasteiger charge is -2.36. The number of nitrogens with zero attached hydrogens (tertiary/aromatic N) is 5. The number of carbonyl (C=O) groups is 2. The minimum absolute atomic E-state index is 0.317. The van der Waals surface area contributed by atoms with Crippen molar-refractivity contribution in [2.24, 2.45) is 0 Å². The van der Waals surface area contributed by atoms with Crippen LogP contribution in [0.4, 0.5) is 14.6 Å². The fourth-order valence-corrected chi connectivity index (χ4v) is 3.57. The van der Waals surface area contributed by atoms with Gasteiger partial charge in [0.15, 0.2) is 5.82 Å². The minimum atomic E-state index is -2.77. The summed E-state index contributed by atoms with van der Waals surface area (Å²) in [4.78, 5) is 37.8. The number of hydrogen-bond donors (Lipinski definition) is 0. The van der Waals surface area contributed by atoms with Gasteiger partial charge in [-0.15, -0.1) is 0 Å². The van der Waals surface area contributed by atoms with E-state index < -0.39 is 24.1 Å². The number of morpholine rings is 1. The summed E-state index contributed by atoms with van der Waals surface area (Å²) in [6.45, 7) is 3.11. The number of rotatable bonds is 2. The third-order valence-corrected chi connectivity index (χ3v) is 5.14. The van der Waals surface area contributed by atoms with Gasteiger partial charge in [-0.25, -0.2) is 18.7 Å². The molecule has 4 rings (SSSR count). The summed E-state index contributed by atoms with van der Waals surface area (Å²) >= 11 is 0. The molecule has 2 amide bonds. The first kappa shape index (κ1) is 19.4. The molecule has 0 atom stereocenters. The highest BCUT2D eigenvalue weighted by atomic mass is 19.3. The van der Waals surface area contributed by atoms with Crippen molar-refractivity contribution < 1.29 is 23.1 Å². The average molecular weight is 405 g/mol. The summed E-state index contributed by atoms with van der Waals surface area (Å²) in [7, 11) is 0. The molecule has 154 valence electrons. The zero-order valence-corrected chi connectivity index (χ0v) is 15.8. The smallest absolute Gasteiger partial charge is 0.312 e. The summed E-state index contributed by atoms with van der Waals surface area (Å²) in [6.07, 6.45) is -2.77. The highest BCUT2D eigenvalue weighted by Crippen LogP contribution is 2.27. The van der Waals surface area contributed by atoms with Crippen molar-refractivity contribution in [3.05, 3.63) is 30.1 Å². The van der Waals surface area contributed by atoms with Gasteiger partial charge in [0.25, 0.3) is 6.43 Å². The van der Waals surface area contributed by atoms with E-state index in [1.165, 1.54) is 9.80 Å². The maximum absolute atomic E-state index is 13.2. The van der Waals surface area contributed by atoms with E-state index in [9.17, 15) is 18.4 Å². The molecule has 0 saturated carbocycles. The first-order valence-electron chi connectivity index (χ1n) is 9.50. The van der Waals surface area contributed by atoms with Crippen LogP contribution in [0.1, 0.15) is 12.2 Å². The van der Waals surface area contributed by atoms with E-state index in [1.807, 2.05) is 4.90 Å². The Balaban J connectivity index is 1.48. The molecule has 1 aromatic carbocycles. The van der Waals surface area contributed by atoms with Gasteiger partial charge in [-0.1, -0.05) is 12.1 Å². The van der Waals surface area contributed by atoms with E-state index in [0.717, 1.165) is 0 Å². The minimum Gasteiger partial charge on any atom is -0.378 e. The lowest BCUT2D eigenvalue weighted by molar-refractivity contribution is -0.154. The summed E-state index contributed by atoms with van der Waals surface area (Å²) < 4.78 is 31.7. The molecule has 3 heterocycles. The van der Waals surface area contributed by atoms with Crippen LogP contribution >= 0.6 is 0 Å². The largest absolute Gasteiger partial charge is 0.378 e. The van der Waals surface area contributed by atoms with Crippen LogP contribution in [-0.4, -0.2) is 84.1 Å². The lowest BCUT2D eigenvalue weighted by Crippen LogP contribution is -2.54. The first-order chi connectivity index (χ1) is 14.0. The lowest BCUT2D eigenvalue weighted by atomic mass is 10.2. The summed E-state index contributed by atoms with van der Waals surface area (Å²) in [6, 6.07) is 7.01. The monoisotopic (exact) mass is 405 g/mol. The van der Waals surface area contributed by atoms with Crippen LogP contribution in [0.5, 0.6) is 0 Å². The van der Waals surface area contributed by atoms with Crippen LogP contribution in [-0.2, 0) is 14.3 Å². The molecular weight excluding hydrogens is 384 g/mol. The van der Waals surface area contributed by atoms with Crippen LogP contribution in [0.2, 0.25) is 0 Å². The van der Waals surface area contributed by atoms with E-state index in [-0.39, 0.29) is 0 Å². The molecule has 2 fully saturated rings. The van der Waals surface area contributed by atoms with Crippen molar-refractivity contribution in [2.45, 2.75) is 6.43 Å². The number of aromatic nitrogens is 2. The standard InChI is InChI=1S/C19H21F2N5O3/c20-15(21)16-22-14-4-2-1-3-13(14)17(23-16)24-5-7-25(8-6-24)18(27)19(28)26-9-11-29-12-10-26/h1-4,15H,5-12H2. The van der Waals surface area contributed by atoms with Crippen molar-refractivity contribution in [1.82, 2.24) is 19.8 Å². The predicted octanol–water partition coefficient (Wildman–Crippen LogP) is 1.07. The molecule has 29 heavy (non-hydrogen) atoms. The Hall–Kier alpha value is -2.88. The second-order valence-corrected chi connectivity index (χ2v) is 6.91. The second-order valence-electron chi connectivity index (χ2n) is 6.91. The fraction of sp³-hybridized carbons (Fsp3) is 0.474. The van der Waals surface area contributed by atoms with Crippen molar-refractivity contribution >= 4 is 28.5 Å². The molecule has 1 aromatic heterocycles. The number of benzene rings is 1. The van der Waals surface area contributed by atoms with E-state index in [4.69, 9.17) is 4.74 Å². The number of para-hydroxylation sites is 1. The Morgan fingerprint density at radius 1 is 0.897 bits per heavy atom. The van der Waals surface area contributed by atoms with Gasteiger partial charge in [-0.3, -0.25) is 9.59 Å². The number of halogens is 2. The maximum atomic E-state index is 13.2. The Bertz CT molecular complexity index is 912. The van der Waals surface area contributed by atoms with Crippen LogP contribution in [0, 0.1) is 0 Å². The number of fused-ring (bicyclic) bond motifs is 1. The van der Waals surface area contributed by atoms with Crippen molar-refractivity contribution in [2.75, 3.05) is 57.4 Å². The number of ether oxygens (including phenoxy) is 1. The van der Waals surface area contributed by atoms with E-state index in [1.54, 1.807) is 24.3 Å². The zero-order valence-electron chi connectivity index (χ0n) is 15.8. The topological polar surface area (TPSA) is 78.9 Å². The maximum Gasteiger partial charge on any atom is 0.312 e. The first-order valence-corrected chi connectivity index (χ1v) is 9.50. The Kier molecular flexibility index (Phi) is 5.52. The van der Waals surface area contributed by atoms with Crippen LogP contribution in [0.3, 0.4) is 0 Å². The molecular formula is C19H21F2N5O3. The van der Waals surface area contributed by atoms with Crippen LogP contribution < -0.4 is 4.90 Å². The highest BCUT2D eigenvalue weighted by Gasteiger charge is 2.31. The van der Waals surface area contributed by atoms with Gasteiger partial charge in [0.1, 0.15) is 5.82 Å². The molecule has 0 spiro atoms. The summed E-state index contributed by atoms with van der Waals surface area (Å²) in [5, 5.41) is 0.682. The van der Waals surface area contributed by atoms with Gasteiger partial charge in [0.05, 0.1) is 18.7 Å². The number of alkyl halides is 2. The quantitative estimate of drug-likeness (QED) is 0.696. The van der Waals surface area contributed by atoms with Gasteiger partial charge in [-0.2, -0.15) is 0 Å². The van der Waals surface area contributed by atoms with Gasteiger partial charge in [0.2, 0.25) is 0 Å². The van der Waals surface area contributed by atoms with Gasteiger partial charge >= 0.3 is 11.8 Å². The zero-order chi connectivity index (χ0) is 20.4. The highest BCUT2D eigenvalue weighted by molar-refractivity contribution is 6.35. The molecule has 2 aliphatic heterocycles. The van der Waals surface area contributed by atoms with E-state index in [2.05, 4.69) is 9.97 Å². The summed E-state index contributed by atoms with van der Waals surface area (Å²) in [5.74, 6) is -1.14. The van der Waals surface area contributed by atoms with Crippen LogP contribution in [0.25, 0.3) is 10.9 Å². The third kappa shape index (κ3) is 3.98. The predicted molar refractivity (Wildman–Crippen MR) is 101 cm³/mol. The van der Waals surface area contributed by atoms with Crippen molar-refractivity contribution in [3.8, 4) is 0 Å². The average Bonchev–Trinajstić information content (AvgIpc) is 2.78. The molecule has 10 heteroatoms. The fourth-order valence-electron chi connectivity index (χ4n) is 3.57. The Morgan fingerprint density at radius 3 is 2.17 bits per heavy atom. The molecule has 2 aromatic rings. The number of hydrogen-bond acceptors (Lipinski definition) is 6. The van der Waals surface area contributed by atoms with Gasteiger partial charge in [-0.05, 0) is 12.1 Å². The molecule has 2 saturated heterocycles. The summed E-state index contributed by atoms with van der Waals surface area (Å²) in [5.41, 5.74) is 0.453. The Labute approximate surface area is 166 Å². The molecule has 0 unspecified atom stereocenters.